The molecule has 0 bridgehead atoms. The van der Waals surface area contributed by atoms with E-state index in [0.29, 0.717) is 0 Å². The summed E-state index contributed by atoms with van der Waals surface area (Å²) < 4.78 is 41.2. The smallest absolute Gasteiger partial charge is 0.329 e. The van der Waals surface area contributed by atoms with E-state index < -0.39 is 18.1 Å². The van der Waals surface area contributed by atoms with Gasteiger partial charge in [0.05, 0.1) is 6.04 Å². The molecule has 2 unspecified atom stereocenters. The molecule has 1 heterocycles. The molecule has 1 aromatic carbocycles. The summed E-state index contributed by atoms with van der Waals surface area (Å²) in [6.07, 6.45) is -4.65. The van der Waals surface area contributed by atoms with Crippen molar-refractivity contribution < 1.29 is 17.7 Å². The number of hydrogen-bond acceptors (Lipinski definition) is 4. The molecule has 0 aliphatic rings. The van der Waals surface area contributed by atoms with Crippen LogP contribution in [-0.4, -0.2) is 10.1 Å². The quantitative estimate of drug-likeness (QED) is 0.932. The van der Waals surface area contributed by atoms with Crippen LogP contribution >= 0.6 is 0 Å². The normalized spacial score (nSPS) is 15.2. The molecule has 102 valence electrons. The zero-order chi connectivity index (χ0) is 14.0. The number of alkyl halides is 3. The van der Waals surface area contributed by atoms with Gasteiger partial charge in [-0.1, -0.05) is 42.4 Å². The lowest BCUT2D eigenvalue weighted by Crippen LogP contribution is -2.19. The largest absolute Gasteiger partial charge is 0.471 e. The highest BCUT2D eigenvalue weighted by Gasteiger charge is 2.39. The minimum absolute atomic E-state index is 0.149. The molecule has 0 saturated heterocycles. The zero-order valence-electron chi connectivity index (χ0n) is 10.1. The molecule has 2 atom stereocenters. The van der Waals surface area contributed by atoms with Crippen molar-refractivity contribution in [3.05, 3.63) is 47.6 Å². The summed E-state index contributed by atoms with van der Waals surface area (Å²) in [7, 11) is 0. The summed E-state index contributed by atoms with van der Waals surface area (Å²) in [5.74, 6) is -1.75. The first-order valence-corrected chi connectivity index (χ1v) is 5.61. The Hall–Kier alpha value is -1.89. The fourth-order valence-corrected chi connectivity index (χ4v) is 1.67. The second kappa shape index (κ2) is 5.00. The molecule has 19 heavy (non-hydrogen) atoms. The Morgan fingerprint density at radius 3 is 2.37 bits per heavy atom. The second-order valence-electron chi connectivity index (χ2n) is 4.18. The van der Waals surface area contributed by atoms with Crippen molar-refractivity contribution in [3.8, 4) is 0 Å². The van der Waals surface area contributed by atoms with Crippen LogP contribution in [-0.2, 0) is 6.18 Å². The molecule has 2 aromatic rings. The number of nitrogens with two attached hydrogens (primary N) is 1. The van der Waals surface area contributed by atoms with Crippen molar-refractivity contribution in [2.45, 2.75) is 25.1 Å². The highest BCUT2D eigenvalue weighted by atomic mass is 19.4. The van der Waals surface area contributed by atoms with Crippen LogP contribution in [0.3, 0.4) is 0 Å². The maximum atomic E-state index is 12.4. The Morgan fingerprint density at radius 2 is 1.84 bits per heavy atom. The predicted molar refractivity (Wildman–Crippen MR) is 61.1 cm³/mol. The van der Waals surface area contributed by atoms with Crippen LogP contribution in [0.1, 0.15) is 36.2 Å². The summed E-state index contributed by atoms with van der Waals surface area (Å²) in [5.41, 5.74) is 6.77. The molecule has 7 heteroatoms. The summed E-state index contributed by atoms with van der Waals surface area (Å²) in [6.45, 7) is 1.80. The number of nitrogens with zero attached hydrogens (tertiary/aromatic N) is 2. The van der Waals surface area contributed by atoms with Gasteiger partial charge in [-0.2, -0.15) is 18.2 Å². The van der Waals surface area contributed by atoms with E-state index in [4.69, 9.17) is 5.73 Å². The van der Waals surface area contributed by atoms with Crippen LogP contribution in [0.25, 0.3) is 0 Å². The Labute approximate surface area is 107 Å². The molecule has 0 aliphatic carbocycles. The van der Waals surface area contributed by atoms with Gasteiger partial charge in [0.1, 0.15) is 0 Å². The third-order valence-electron chi connectivity index (χ3n) is 2.85. The van der Waals surface area contributed by atoms with Gasteiger partial charge in [0.2, 0.25) is 0 Å². The highest BCUT2D eigenvalue weighted by molar-refractivity contribution is 5.21. The molecule has 0 fully saturated rings. The van der Waals surface area contributed by atoms with Crippen molar-refractivity contribution in [2.75, 3.05) is 0 Å². The maximum absolute atomic E-state index is 12.4. The Bertz CT molecular complexity index is 539. The molecular weight excluding hydrogens is 259 g/mol. The second-order valence-corrected chi connectivity index (χ2v) is 4.18. The molecular formula is C12H12F3N3O. The fraction of sp³-hybridized carbons (Fsp3) is 0.333. The molecule has 4 nitrogen and oxygen atoms in total. The van der Waals surface area contributed by atoms with Gasteiger partial charge in [0.15, 0.2) is 5.82 Å². The molecule has 2 N–H and O–H groups in total. The van der Waals surface area contributed by atoms with Gasteiger partial charge in [-0.3, -0.25) is 0 Å². The number of hydrogen-bond donors (Lipinski definition) is 1. The van der Waals surface area contributed by atoms with Crippen LogP contribution in [0.15, 0.2) is 34.9 Å². The van der Waals surface area contributed by atoms with Crippen LogP contribution in [0, 0.1) is 0 Å². The number of halogens is 3. The van der Waals surface area contributed by atoms with E-state index in [0.717, 1.165) is 5.56 Å². The van der Waals surface area contributed by atoms with Gasteiger partial charge in [-0.05, 0) is 5.56 Å². The lowest BCUT2D eigenvalue weighted by Gasteiger charge is -2.16. The van der Waals surface area contributed by atoms with E-state index in [1.807, 2.05) is 30.3 Å². The number of benzene rings is 1. The van der Waals surface area contributed by atoms with E-state index in [1.165, 1.54) is 0 Å². The Balaban J connectivity index is 2.20. The zero-order valence-corrected chi connectivity index (χ0v) is 10.1. The molecule has 0 amide bonds. The number of aromatic nitrogens is 2. The first-order chi connectivity index (χ1) is 8.89. The maximum Gasteiger partial charge on any atom is 0.471 e. The first-order valence-electron chi connectivity index (χ1n) is 5.61. The number of rotatable bonds is 3. The molecule has 0 aliphatic heterocycles. The molecule has 0 spiro atoms. The van der Waals surface area contributed by atoms with E-state index in [-0.39, 0.29) is 11.7 Å². The monoisotopic (exact) mass is 271 g/mol. The van der Waals surface area contributed by atoms with E-state index in [1.54, 1.807) is 6.92 Å². The van der Waals surface area contributed by atoms with Crippen LogP contribution in [0.2, 0.25) is 0 Å². The van der Waals surface area contributed by atoms with Gasteiger partial charge in [-0.15, -0.1) is 0 Å². The van der Waals surface area contributed by atoms with Crippen molar-refractivity contribution >= 4 is 0 Å². The van der Waals surface area contributed by atoms with Crippen LogP contribution in [0.4, 0.5) is 13.2 Å². The van der Waals surface area contributed by atoms with Gasteiger partial charge in [0.25, 0.3) is 0 Å². The first kappa shape index (κ1) is 13.5. The standard InChI is InChI=1S/C12H12F3N3O/c1-7(8-5-3-2-4-6-8)9(16)10-17-11(19-18-10)12(13,14)15/h2-7,9H,16H2,1H3. The lowest BCUT2D eigenvalue weighted by atomic mass is 9.93. The predicted octanol–water partition coefficient (Wildman–Crippen LogP) is 2.89. The van der Waals surface area contributed by atoms with Crippen molar-refractivity contribution in [1.82, 2.24) is 10.1 Å². The van der Waals surface area contributed by atoms with Crippen molar-refractivity contribution in [1.29, 1.82) is 0 Å². The average Bonchev–Trinajstić information content (AvgIpc) is 2.87. The summed E-state index contributed by atoms with van der Waals surface area (Å²) in [4.78, 5) is 3.30. The summed E-state index contributed by atoms with van der Waals surface area (Å²) in [5, 5.41) is 3.30. The average molecular weight is 271 g/mol. The van der Waals surface area contributed by atoms with Gasteiger partial charge in [0, 0.05) is 5.92 Å². The van der Waals surface area contributed by atoms with E-state index in [9.17, 15) is 13.2 Å². The van der Waals surface area contributed by atoms with Crippen LogP contribution < -0.4 is 5.73 Å². The van der Waals surface area contributed by atoms with Gasteiger partial charge >= 0.3 is 12.1 Å². The van der Waals surface area contributed by atoms with Gasteiger partial charge < -0.3 is 10.3 Å². The highest BCUT2D eigenvalue weighted by Crippen LogP contribution is 2.31. The minimum Gasteiger partial charge on any atom is -0.329 e. The van der Waals surface area contributed by atoms with Crippen molar-refractivity contribution in [2.24, 2.45) is 5.73 Å². The topological polar surface area (TPSA) is 64.9 Å². The molecule has 0 radical (unpaired) electrons. The third kappa shape index (κ3) is 2.93. The SMILES string of the molecule is CC(c1ccccc1)C(N)c1noc(C(F)(F)F)n1. The molecule has 0 saturated carbocycles. The molecule has 1 aromatic heterocycles. The van der Waals surface area contributed by atoms with E-state index in [2.05, 4.69) is 14.7 Å². The Morgan fingerprint density at radius 1 is 1.21 bits per heavy atom. The third-order valence-corrected chi connectivity index (χ3v) is 2.85. The summed E-state index contributed by atoms with van der Waals surface area (Å²) in [6, 6.07) is 8.43. The summed E-state index contributed by atoms with van der Waals surface area (Å²) >= 11 is 0. The van der Waals surface area contributed by atoms with Gasteiger partial charge in [-0.25, -0.2) is 0 Å². The molecule has 2 rings (SSSR count). The lowest BCUT2D eigenvalue weighted by molar-refractivity contribution is -0.159. The minimum atomic E-state index is -4.65. The van der Waals surface area contributed by atoms with Crippen molar-refractivity contribution in [3.63, 3.8) is 0 Å². The van der Waals surface area contributed by atoms with Crippen LogP contribution in [0.5, 0.6) is 0 Å². The Kier molecular flexibility index (Phi) is 3.57. The fourth-order valence-electron chi connectivity index (χ4n) is 1.67. The van der Waals surface area contributed by atoms with E-state index >= 15 is 0 Å².